The fraction of sp³-hybridized carbons (Fsp3) is 0.900. The molecule has 2 unspecified atom stereocenters. The van der Waals surface area contributed by atoms with E-state index < -0.39 is 13.9 Å². The number of nitriles is 1. The second-order valence-electron chi connectivity index (χ2n) is 4.93. The lowest BCUT2D eigenvalue weighted by molar-refractivity contribution is -0.0244. The first-order chi connectivity index (χ1) is 6.37. The van der Waals surface area contributed by atoms with E-state index in [1.807, 2.05) is 6.92 Å². The van der Waals surface area contributed by atoms with Crippen molar-refractivity contribution in [1.29, 1.82) is 5.26 Å². The first kappa shape index (κ1) is 11.7. The van der Waals surface area contributed by atoms with Gasteiger partial charge in [0.05, 0.1) is 12.2 Å². The molecule has 0 aliphatic carbocycles. The van der Waals surface area contributed by atoms with Crippen molar-refractivity contribution in [2.45, 2.75) is 51.1 Å². The molecule has 0 aromatic carbocycles. The predicted molar refractivity (Wildman–Crippen MR) is 57.4 cm³/mol. The molecule has 0 spiro atoms. The van der Waals surface area contributed by atoms with Crippen LogP contribution in [-0.2, 0) is 9.16 Å². The van der Waals surface area contributed by atoms with Crippen molar-refractivity contribution < 1.29 is 9.16 Å². The van der Waals surface area contributed by atoms with Gasteiger partial charge < -0.3 is 9.16 Å². The average Bonchev–Trinajstić information content (AvgIpc) is 2.53. The fourth-order valence-electron chi connectivity index (χ4n) is 1.81. The van der Waals surface area contributed by atoms with Crippen molar-refractivity contribution in [3.05, 3.63) is 0 Å². The van der Waals surface area contributed by atoms with Crippen LogP contribution in [-0.4, -0.2) is 26.6 Å². The normalized spacial score (nSPS) is 26.9. The molecule has 1 aliphatic rings. The maximum absolute atomic E-state index is 9.18. The molecule has 4 heteroatoms. The molecule has 1 aliphatic heterocycles. The summed E-state index contributed by atoms with van der Waals surface area (Å²) in [6.07, 6.45) is 1.94. The summed E-state index contributed by atoms with van der Waals surface area (Å²) in [5, 5.41) is 9.18. The Labute approximate surface area is 87.1 Å². The smallest absolute Gasteiger partial charge is 0.186 e. The molecule has 0 bridgehead atoms. The van der Waals surface area contributed by atoms with Crippen molar-refractivity contribution in [3.8, 4) is 6.07 Å². The van der Waals surface area contributed by atoms with Crippen molar-refractivity contribution in [3.63, 3.8) is 0 Å². The highest BCUT2D eigenvalue weighted by molar-refractivity contribution is 6.69. The summed E-state index contributed by atoms with van der Waals surface area (Å²) in [5.74, 6) is 0. The molecule has 0 N–H and O–H groups in total. The first-order valence-electron chi connectivity index (χ1n) is 5.10. The molecule has 0 aromatic heterocycles. The minimum absolute atomic E-state index is 0.0424. The Hall–Kier alpha value is -0.373. The lowest BCUT2D eigenvalue weighted by Gasteiger charge is -2.34. The van der Waals surface area contributed by atoms with Crippen LogP contribution in [0, 0.1) is 11.3 Å². The Morgan fingerprint density at radius 1 is 1.50 bits per heavy atom. The van der Waals surface area contributed by atoms with Crippen LogP contribution in [0.5, 0.6) is 0 Å². The number of nitrogens with zero attached hydrogens (tertiary/aromatic N) is 1. The van der Waals surface area contributed by atoms with Crippen molar-refractivity contribution in [2.24, 2.45) is 0 Å². The molecule has 1 saturated heterocycles. The minimum Gasteiger partial charge on any atom is -0.398 e. The molecule has 0 aromatic rings. The van der Waals surface area contributed by atoms with E-state index in [-0.39, 0.29) is 6.10 Å². The van der Waals surface area contributed by atoms with Crippen LogP contribution in [0.4, 0.5) is 0 Å². The largest absolute Gasteiger partial charge is 0.398 e. The van der Waals surface area contributed by atoms with Gasteiger partial charge in [0, 0.05) is 6.61 Å². The number of hydrogen-bond acceptors (Lipinski definition) is 3. The lowest BCUT2D eigenvalue weighted by Crippen LogP contribution is -2.47. The SMILES string of the molecule is CC(C#N)(O[Si](C)(C)C)C1CCCO1. The zero-order chi connectivity index (χ0) is 10.8. The summed E-state index contributed by atoms with van der Waals surface area (Å²) in [4.78, 5) is 0. The van der Waals surface area contributed by atoms with Crippen LogP contribution in [0.1, 0.15) is 19.8 Å². The van der Waals surface area contributed by atoms with Gasteiger partial charge in [0.1, 0.15) is 0 Å². The third kappa shape index (κ3) is 2.81. The van der Waals surface area contributed by atoms with Gasteiger partial charge in [-0.2, -0.15) is 5.26 Å². The maximum atomic E-state index is 9.18. The molecular weight excluding hydrogens is 194 g/mol. The van der Waals surface area contributed by atoms with E-state index in [2.05, 4.69) is 25.7 Å². The van der Waals surface area contributed by atoms with Crippen LogP contribution in [0.15, 0.2) is 0 Å². The lowest BCUT2D eigenvalue weighted by atomic mass is 9.99. The second-order valence-corrected chi connectivity index (χ2v) is 9.36. The number of rotatable bonds is 3. The van der Waals surface area contributed by atoms with E-state index in [0.29, 0.717) is 0 Å². The molecule has 1 heterocycles. The zero-order valence-corrected chi connectivity index (χ0v) is 10.5. The van der Waals surface area contributed by atoms with Gasteiger partial charge in [-0.05, 0) is 39.4 Å². The molecule has 3 nitrogen and oxygen atoms in total. The van der Waals surface area contributed by atoms with E-state index in [1.54, 1.807) is 0 Å². The third-order valence-corrected chi connectivity index (χ3v) is 3.32. The summed E-state index contributed by atoms with van der Waals surface area (Å²) in [5.41, 5.74) is -0.749. The third-order valence-electron chi connectivity index (χ3n) is 2.28. The molecule has 0 radical (unpaired) electrons. The predicted octanol–water partition coefficient (Wildman–Crippen LogP) is 2.30. The Kier molecular flexibility index (Phi) is 3.35. The van der Waals surface area contributed by atoms with Gasteiger partial charge in [0.25, 0.3) is 0 Å². The monoisotopic (exact) mass is 213 g/mol. The van der Waals surface area contributed by atoms with Gasteiger partial charge in [0.15, 0.2) is 13.9 Å². The van der Waals surface area contributed by atoms with Crippen LogP contribution >= 0.6 is 0 Å². The number of ether oxygens (including phenoxy) is 1. The first-order valence-corrected chi connectivity index (χ1v) is 8.51. The Balaban J connectivity index is 2.71. The molecule has 14 heavy (non-hydrogen) atoms. The Morgan fingerprint density at radius 2 is 2.14 bits per heavy atom. The summed E-state index contributed by atoms with van der Waals surface area (Å²) in [6.45, 7) is 8.89. The second kappa shape index (κ2) is 4.01. The molecule has 1 fully saturated rings. The molecule has 2 atom stereocenters. The van der Waals surface area contributed by atoms with Gasteiger partial charge in [-0.25, -0.2) is 0 Å². The summed E-state index contributed by atoms with van der Waals surface area (Å²) in [6, 6.07) is 2.26. The standard InChI is InChI=1S/C10H19NO2Si/c1-10(8-11,13-14(2,3)4)9-6-5-7-12-9/h9H,5-7H2,1-4H3. The highest BCUT2D eigenvalue weighted by Crippen LogP contribution is 2.29. The van der Waals surface area contributed by atoms with Crippen LogP contribution < -0.4 is 0 Å². The molecule has 0 amide bonds. The van der Waals surface area contributed by atoms with E-state index in [4.69, 9.17) is 9.16 Å². The summed E-state index contributed by atoms with van der Waals surface area (Å²) in [7, 11) is -1.68. The van der Waals surface area contributed by atoms with Gasteiger partial charge in [-0.15, -0.1) is 0 Å². The van der Waals surface area contributed by atoms with Crippen LogP contribution in [0.3, 0.4) is 0 Å². The molecule has 0 saturated carbocycles. The highest BCUT2D eigenvalue weighted by atomic mass is 28.4. The zero-order valence-electron chi connectivity index (χ0n) is 9.46. The summed E-state index contributed by atoms with van der Waals surface area (Å²) >= 11 is 0. The van der Waals surface area contributed by atoms with E-state index in [0.717, 1.165) is 19.4 Å². The van der Waals surface area contributed by atoms with E-state index in [1.165, 1.54) is 0 Å². The van der Waals surface area contributed by atoms with E-state index >= 15 is 0 Å². The highest BCUT2D eigenvalue weighted by Gasteiger charge is 2.41. The molecular formula is C10H19NO2Si. The van der Waals surface area contributed by atoms with E-state index in [9.17, 15) is 5.26 Å². The Bertz CT molecular complexity index is 237. The van der Waals surface area contributed by atoms with Gasteiger partial charge in [0.2, 0.25) is 0 Å². The molecule has 1 rings (SSSR count). The van der Waals surface area contributed by atoms with Crippen molar-refractivity contribution in [2.75, 3.05) is 6.61 Å². The maximum Gasteiger partial charge on any atom is 0.186 e. The summed E-state index contributed by atoms with van der Waals surface area (Å²) < 4.78 is 11.4. The fourth-order valence-corrected chi connectivity index (χ4v) is 3.26. The van der Waals surface area contributed by atoms with Crippen LogP contribution in [0.2, 0.25) is 19.6 Å². The molecule has 80 valence electrons. The van der Waals surface area contributed by atoms with Gasteiger partial charge in [-0.3, -0.25) is 0 Å². The quantitative estimate of drug-likeness (QED) is 0.676. The van der Waals surface area contributed by atoms with Gasteiger partial charge >= 0.3 is 0 Å². The van der Waals surface area contributed by atoms with Gasteiger partial charge in [-0.1, -0.05) is 0 Å². The minimum atomic E-state index is -1.68. The Morgan fingerprint density at radius 3 is 2.50 bits per heavy atom. The van der Waals surface area contributed by atoms with Crippen LogP contribution in [0.25, 0.3) is 0 Å². The topological polar surface area (TPSA) is 42.2 Å². The number of hydrogen-bond donors (Lipinski definition) is 0. The average molecular weight is 213 g/mol. The van der Waals surface area contributed by atoms with Crippen molar-refractivity contribution in [1.82, 2.24) is 0 Å². The van der Waals surface area contributed by atoms with Crippen molar-refractivity contribution >= 4 is 8.32 Å².